The van der Waals surface area contributed by atoms with Crippen LogP contribution in [-0.4, -0.2) is 93.1 Å². The summed E-state index contributed by atoms with van der Waals surface area (Å²) in [5.41, 5.74) is 3.68. The van der Waals surface area contributed by atoms with Gasteiger partial charge in [0.05, 0.1) is 48.9 Å². The molecule has 2 aliphatic heterocycles. The van der Waals surface area contributed by atoms with E-state index in [-0.39, 0.29) is 25.0 Å². The number of anilines is 1. The number of piperidine rings is 1. The minimum atomic E-state index is -2.03. The largest absolute Gasteiger partial charge is 0.383 e. The molecule has 2 fully saturated rings. The summed E-state index contributed by atoms with van der Waals surface area (Å²) in [5.74, 6) is -0.916. The summed E-state index contributed by atoms with van der Waals surface area (Å²) in [6.45, 7) is 8.87. The number of nitrogens with one attached hydrogen (secondary N) is 1. The molecule has 2 saturated heterocycles. The van der Waals surface area contributed by atoms with Crippen molar-refractivity contribution >= 4 is 23.0 Å². The number of fused-ring (bicyclic) bond motifs is 1. The van der Waals surface area contributed by atoms with E-state index in [9.17, 15) is 14.9 Å². The minimum Gasteiger partial charge on any atom is -0.383 e. The monoisotopic (exact) mass is 548 g/mol. The van der Waals surface area contributed by atoms with Gasteiger partial charge >= 0.3 is 0 Å². The average molecular weight is 549 g/mol. The van der Waals surface area contributed by atoms with Gasteiger partial charge in [0.15, 0.2) is 0 Å². The number of amides is 2. The van der Waals surface area contributed by atoms with Crippen LogP contribution in [0.25, 0.3) is 16.6 Å². The van der Waals surface area contributed by atoms with Crippen LogP contribution in [-0.2, 0) is 14.3 Å². The number of ether oxygens (including phenoxy) is 1. The second-order valence-electron chi connectivity index (χ2n) is 10.4. The first kappa shape index (κ1) is 27.3. The van der Waals surface area contributed by atoms with Crippen molar-refractivity contribution in [2.75, 3.05) is 51.8 Å². The average Bonchev–Trinajstić information content (AvgIpc) is 3.50. The van der Waals surface area contributed by atoms with E-state index >= 15 is 4.39 Å². The van der Waals surface area contributed by atoms with Crippen LogP contribution in [0.2, 0.25) is 0 Å². The van der Waals surface area contributed by atoms with Crippen molar-refractivity contribution in [3.8, 4) is 17.2 Å². The van der Waals surface area contributed by atoms with Crippen molar-refractivity contribution in [1.29, 1.82) is 5.26 Å². The third kappa shape index (κ3) is 4.70. The van der Waals surface area contributed by atoms with Gasteiger partial charge in [-0.25, -0.2) is 8.91 Å². The first-order valence-electron chi connectivity index (χ1n) is 13.3. The molecule has 2 aliphatic rings. The number of carbonyl (C=O) groups is 2. The van der Waals surface area contributed by atoms with Crippen molar-refractivity contribution in [1.82, 2.24) is 29.2 Å². The number of likely N-dealkylation sites (tertiary alicyclic amines) is 2. The zero-order chi connectivity index (χ0) is 28.6. The van der Waals surface area contributed by atoms with E-state index in [1.54, 1.807) is 22.7 Å². The third-order valence-corrected chi connectivity index (χ3v) is 7.82. The fourth-order valence-electron chi connectivity index (χ4n) is 5.77. The van der Waals surface area contributed by atoms with Crippen molar-refractivity contribution < 1.29 is 18.7 Å². The molecule has 5 rings (SSSR count). The smallest absolute Gasteiger partial charge is 0.264 e. The molecule has 0 radical (unpaired) electrons. The molecule has 0 unspecified atom stereocenters. The van der Waals surface area contributed by atoms with Gasteiger partial charge < -0.3 is 19.9 Å². The van der Waals surface area contributed by atoms with Crippen molar-refractivity contribution in [3.05, 3.63) is 48.1 Å². The Hall–Kier alpha value is -4.24. The molecule has 1 N–H and O–H groups in total. The van der Waals surface area contributed by atoms with Crippen molar-refractivity contribution in [2.24, 2.45) is 0 Å². The van der Waals surface area contributed by atoms with Gasteiger partial charge in [0.2, 0.25) is 11.6 Å². The quantitative estimate of drug-likeness (QED) is 0.339. The number of nitriles is 1. The molecular weight excluding hydrogens is 515 g/mol. The zero-order valence-corrected chi connectivity index (χ0v) is 23.0. The van der Waals surface area contributed by atoms with Gasteiger partial charge in [-0.15, -0.1) is 0 Å². The fraction of sp³-hybridized carbons (Fsp3) is 0.464. The second-order valence-corrected chi connectivity index (χ2v) is 10.4. The van der Waals surface area contributed by atoms with E-state index in [2.05, 4.69) is 23.1 Å². The number of hydrogen-bond acceptors (Lipinski definition) is 7. The van der Waals surface area contributed by atoms with Crippen LogP contribution in [0.5, 0.6) is 0 Å². The number of rotatable bonds is 8. The van der Waals surface area contributed by atoms with Crippen molar-refractivity contribution in [2.45, 2.75) is 38.4 Å². The lowest BCUT2D eigenvalue weighted by molar-refractivity contribution is -0.162. The maximum atomic E-state index is 15.2. The highest BCUT2D eigenvalue weighted by atomic mass is 19.1. The van der Waals surface area contributed by atoms with Gasteiger partial charge in [0, 0.05) is 49.8 Å². The topological polar surface area (TPSA) is 121 Å². The van der Waals surface area contributed by atoms with E-state index < -0.39 is 11.6 Å². The van der Waals surface area contributed by atoms with Crippen LogP contribution in [0, 0.1) is 25.2 Å². The Labute approximate surface area is 231 Å². The Morgan fingerprint density at radius 2 is 2.02 bits per heavy atom. The van der Waals surface area contributed by atoms with E-state index in [0.29, 0.717) is 50.2 Å². The van der Waals surface area contributed by atoms with Gasteiger partial charge in [-0.1, -0.05) is 6.58 Å². The van der Waals surface area contributed by atoms with Crippen LogP contribution in [0.4, 0.5) is 10.1 Å². The van der Waals surface area contributed by atoms with Crippen LogP contribution < -0.4 is 5.32 Å². The van der Waals surface area contributed by atoms with Gasteiger partial charge in [-0.05, 0) is 38.8 Å². The number of aryl methyl sites for hydroxylation is 1. The summed E-state index contributed by atoms with van der Waals surface area (Å²) in [5, 5.41) is 22.2. The van der Waals surface area contributed by atoms with E-state index in [0.717, 1.165) is 34.3 Å². The molecule has 0 atom stereocenters. The lowest BCUT2D eigenvalue weighted by atomic mass is 9.92. The van der Waals surface area contributed by atoms with E-state index in [1.807, 2.05) is 30.8 Å². The molecular formula is C28H33FN8O3. The SMILES string of the molecule is C=CC(=O)N1CC(F)(C(=O)N2CCC(n3nc(C)c(-c4cc(NCCOC)c5c(C#N)cnn5c4)c3C)CC2)C1. The Morgan fingerprint density at radius 1 is 1.30 bits per heavy atom. The predicted octanol–water partition coefficient (Wildman–Crippen LogP) is 2.64. The lowest BCUT2D eigenvalue weighted by Crippen LogP contribution is -2.68. The molecule has 210 valence electrons. The Bertz CT molecular complexity index is 1510. The molecule has 0 aromatic carbocycles. The van der Waals surface area contributed by atoms with Gasteiger partial charge in [-0.3, -0.25) is 14.3 Å². The molecule has 40 heavy (non-hydrogen) atoms. The maximum absolute atomic E-state index is 15.2. The van der Waals surface area contributed by atoms with Crippen LogP contribution in [0.1, 0.15) is 35.8 Å². The number of pyridine rings is 1. The first-order chi connectivity index (χ1) is 19.2. The normalized spacial score (nSPS) is 17.0. The number of aromatic nitrogens is 4. The molecule has 12 heteroatoms. The molecule has 0 bridgehead atoms. The lowest BCUT2D eigenvalue weighted by Gasteiger charge is -2.45. The number of nitrogens with zero attached hydrogens (tertiary/aromatic N) is 7. The summed E-state index contributed by atoms with van der Waals surface area (Å²) in [4.78, 5) is 27.4. The summed E-state index contributed by atoms with van der Waals surface area (Å²) >= 11 is 0. The van der Waals surface area contributed by atoms with Gasteiger partial charge in [0.25, 0.3) is 5.91 Å². The third-order valence-electron chi connectivity index (χ3n) is 7.82. The van der Waals surface area contributed by atoms with E-state index in [1.165, 1.54) is 4.90 Å². The van der Waals surface area contributed by atoms with Gasteiger partial charge in [-0.2, -0.15) is 15.5 Å². The Balaban J connectivity index is 1.34. The number of alkyl halides is 1. The molecule has 3 aromatic heterocycles. The molecule has 2 amide bonds. The number of halogens is 1. The number of carbonyl (C=O) groups excluding carboxylic acids is 2. The fourth-order valence-corrected chi connectivity index (χ4v) is 5.77. The van der Waals surface area contributed by atoms with Crippen LogP contribution in [0.3, 0.4) is 0 Å². The van der Waals surface area contributed by atoms with E-state index in [4.69, 9.17) is 9.84 Å². The Kier molecular flexibility index (Phi) is 7.33. The summed E-state index contributed by atoms with van der Waals surface area (Å²) < 4.78 is 24.1. The number of methoxy groups -OCH3 is 1. The standard InChI is InChI=1S/C28H33FN8O3/c1-5-24(38)35-16-28(29,17-35)27(39)34-9-6-22(7-10-34)37-19(3)25(18(2)33-37)20-12-23(31-8-11-40-4)26-21(13-30)14-32-36(26)15-20/h5,12,14-15,22,31H,1,6-11,16-17H2,2-4H3. The Morgan fingerprint density at radius 3 is 2.67 bits per heavy atom. The molecule has 11 nitrogen and oxygen atoms in total. The molecule has 3 aromatic rings. The molecule has 0 spiro atoms. The zero-order valence-electron chi connectivity index (χ0n) is 23.0. The minimum absolute atomic E-state index is 0.0604. The predicted molar refractivity (Wildman–Crippen MR) is 146 cm³/mol. The second kappa shape index (κ2) is 10.7. The van der Waals surface area contributed by atoms with Crippen LogP contribution in [0.15, 0.2) is 31.1 Å². The summed E-state index contributed by atoms with van der Waals surface area (Å²) in [6, 6.07) is 4.27. The molecule has 5 heterocycles. The first-order valence-corrected chi connectivity index (χ1v) is 13.3. The van der Waals surface area contributed by atoms with Crippen molar-refractivity contribution in [3.63, 3.8) is 0 Å². The highest BCUT2D eigenvalue weighted by molar-refractivity contribution is 5.93. The van der Waals surface area contributed by atoms with Gasteiger partial charge in [0.1, 0.15) is 11.6 Å². The molecule has 0 aliphatic carbocycles. The van der Waals surface area contributed by atoms with Crippen LogP contribution >= 0.6 is 0 Å². The summed E-state index contributed by atoms with van der Waals surface area (Å²) in [7, 11) is 1.64. The number of hydrogen-bond donors (Lipinski definition) is 1. The highest BCUT2D eigenvalue weighted by Gasteiger charge is 2.53. The summed E-state index contributed by atoms with van der Waals surface area (Å²) in [6.07, 6.45) is 5.88. The highest BCUT2D eigenvalue weighted by Crippen LogP contribution is 2.36. The molecule has 0 saturated carbocycles. The maximum Gasteiger partial charge on any atom is 0.264 e.